The van der Waals surface area contributed by atoms with Gasteiger partial charge < -0.3 is 5.73 Å². The minimum absolute atomic E-state index is 0.128. The van der Waals surface area contributed by atoms with Crippen LogP contribution in [-0.4, -0.2) is 32.4 Å². The molecule has 0 aromatic heterocycles. The summed E-state index contributed by atoms with van der Waals surface area (Å²) < 4.78 is 28.2. The fourth-order valence-electron chi connectivity index (χ4n) is 1.49. The van der Waals surface area contributed by atoms with Crippen LogP contribution in [0.5, 0.6) is 0 Å². The van der Waals surface area contributed by atoms with Crippen LogP contribution in [0.25, 0.3) is 0 Å². The smallest absolute Gasteiger partial charge is 0.301 e. The second-order valence-electron chi connectivity index (χ2n) is 4.77. The maximum Gasteiger partial charge on any atom is 0.301 e. The third-order valence-electron chi connectivity index (χ3n) is 2.85. The lowest BCUT2D eigenvalue weighted by molar-refractivity contribution is 0.414. The first kappa shape index (κ1) is 16.5. The fraction of sp³-hybridized carbons (Fsp3) is 0.429. The summed E-state index contributed by atoms with van der Waals surface area (Å²) in [5, 5.41) is 0. The van der Waals surface area contributed by atoms with Gasteiger partial charge >= 0.3 is 10.2 Å². The SMILES string of the molecule is Cc1ccc(NS(=O)(=O)N(C)C(C)C)c(C#CCN)c1. The number of rotatable bonds is 4. The second kappa shape index (κ2) is 6.75. The molecule has 0 spiro atoms. The highest BCUT2D eigenvalue weighted by Crippen LogP contribution is 2.19. The van der Waals surface area contributed by atoms with E-state index in [0.717, 1.165) is 5.56 Å². The van der Waals surface area contributed by atoms with Crippen molar-refractivity contribution >= 4 is 15.9 Å². The zero-order valence-corrected chi connectivity index (χ0v) is 13.1. The average Bonchev–Trinajstić information content (AvgIpc) is 2.37. The van der Waals surface area contributed by atoms with Crippen molar-refractivity contribution < 1.29 is 8.42 Å². The minimum atomic E-state index is -3.59. The molecule has 0 radical (unpaired) electrons. The van der Waals surface area contributed by atoms with Crippen LogP contribution in [0.2, 0.25) is 0 Å². The predicted molar refractivity (Wildman–Crippen MR) is 82.6 cm³/mol. The zero-order chi connectivity index (χ0) is 15.3. The van der Waals surface area contributed by atoms with E-state index in [0.29, 0.717) is 11.3 Å². The van der Waals surface area contributed by atoms with Gasteiger partial charge in [-0.25, -0.2) is 0 Å². The van der Waals surface area contributed by atoms with Crippen molar-refractivity contribution in [1.82, 2.24) is 4.31 Å². The molecule has 0 atom stereocenters. The molecule has 0 bridgehead atoms. The topological polar surface area (TPSA) is 75.4 Å². The highest BCUT2D eigenvalue weighted by molar-refractivity contribution is 7.90. The maximum atomic E-state index is 12.2. The van der Waals surface area contributed by atoms with E-state index in [2.05, 4.69) is 16.6 Å². The molecule has 20 heavy (non-hydrogen) atoms. The third kappa shape index (κ3) is 4.23. The van der Waals surface area contributed by atoms with E-state index < -0.39 is 10.2 Å². The lowest BCUT2D eigenvalue weighted by atomic mass is 10.1. The lowest BCUT2D eigenvalue weighted by Gasteiger charge is -2.22. The highest BCUT2D eigenvalue weighted by atomic mass is 32.2. The van der Waals surface area contributed by atoms with E-state index in [-0.39, 0.29) is 12.6 Å². The van der Waals surface area contributed by atoms with Crippen LogP contribution in [0.1, 0.15) is 25.0 Å². The molecule has 110 valence electrons. The van der Waals surface area contributed by atoms with Gasteiger partial charge in [-0.3, -0.25) is 4.72 Å². The van der Waals surface area contributed by atoms with E-state index >= 15 is 0 Å². The molecule has 1 aromatic rings. The molecule has 1 rings (SSSR count). The van der Waals surface area contributed by atoms with Crippen LogP contribution in [-0.2, 0) is 10.2 Å². The molecule has 0 amide bonds. The van der Waals surface area contributed by atoms with E-state index in [1.807, 2.05) is 32.9 Å². The second-order valence-corrected chi connectivity index (χ2v) is 6.50. The molecule has 0 aliphatic carbocycles. The van der Waals surface area contributed by atoms with E-state index in [1.165, 1.54) is 11.4 Å². The Morgan fingerprint density at radius 2 is 2.05 bits per heavy atom. The van der Waals surface area contributed by atoms with Gasteiger partial charge in [0.25, 0.3) is 0 Å². The minimum Gasteiger partial charge on any atom is -0.320 e. The summed E-state index contributed by atoms with van der Waals surface area (Å²) in [4.78, 5) is 0. The van der Waals surface area contributed by atoms with Gasteiger partial charge in [0.1, 0.15) is 0 Å². The number of hydrogen-bond acceptors (Lipinski definition) is 3. The molecule has 1 aromatic carbocycles. The van der Waals surface area contributed by atoms with Crippen molar-refractivity contribution in [2.75, 3.05) is 18.3 Å². The number of benzene rings is 1. The molecule has 0 unspecified atom stereocenters. The van der Waals surface area contributed by atoms with Gasteiger partial charge in [0.05, 0.1) is 12.2 Å². The zero-order valence-electron chi connectivity index (χ0n) is 12.3. The van der Waals surface area contributed by atoms with E-state index in [4.69, 9.17) is 5.73 Å². The molecule has 3 N–H and O–H groups in total. The molecule has 0 aliphatic rings. The summed E-state index contributed by atoms with van der Waals surface area (Å²) in [5.74, 6) is 5.62. The fourth-order valence-corrected chi connectivity index (χ4v) is 2.64. The third-order valence-corrected chi connectivity index (χ3v) is 4.50. The summed E-state index contributed by atoms with van der Waals surface area (Å²) in [6.45, 7) is 5.77. The van der Waals surface area contributed by atoms with Crippen LogP contribution >= 0.6 is 0 Å². The molecule has 0 saturated carbocycles. The number of anilines is 1. The summed E-state index contributed by atoms with van der Waals surface area (Å²) in [6.07, 6.45) is 0. The first-order valence-electron chi connectivity index (χ1n) is 6.33. The molecule has 6 heteroatoms. The van der Waals surface area contributed by atoms with Crippen molar-refractivity contribution in [3.63, 3.8) is 0 Å². The van der Waals surface area contributed by atoms with Gasteiger partial charge in [-0.1, -0.05) is 17.9 Å². The average molecular weight is 295 g/mol. The first-order chi connectivity index (χ1) is 9.27. The number of nitrogens with two attached hydrogens (primary N) is 1. The van der Waals surface area contributed by atoms with Gasteiger partial charge in [-0.05, 0) is 38.5 Å². The van der Waals surface area contributed by atoms with E-state index in [1.54, 1.807) is 6.07 Å². The Morgan fingerprint density at radius 3 is 2.60 bits per heavy atom. The van der Waals surface area contributed by atoms with Gasteiger partial charge in [-0.15, -0.1) is 0 Å². The quantitative estimate of drug-likeness (QED) is 0.822. The molecular weight excluding hydrogens is 274 g/mol. The Morgan fingerprint density at radius 1 is 1.40 bits per heavy atom. The van der Waals surface area contributed by atoms with Crippen LogP contribution < -0.4 is 10.5 Å². The number of nitrogens with zero attached hydrogens (tertiary/aromatic N) is 1. The first-order valence-corrected chi connectivity index (χ1v) is 7.77. The Balaban J connectivity index is 3.15. The summed E-state index contributed by atoms with van der Waals surface area (Å²) >= 11 is 0. The Labute approximate surface area is 121 Å². The Kier molecular flexibility index (Phi) is 5.57. The van der Waals surface area contributed by atoms with Crippen molar-refractivity contribution in [1.29, 1.82) is 0 Å². The monoisotopic (exact) mass is 295 g/mol. The number of aryl methyl sites for hydroxylation is 1. The molecule has 0 saturated heterocycles. The highest BCUT2D eigenvalue weighted by Gasteiger charge is 2.21. The maximum absolute atomic E-state index is 12.2. The summed E-state index contributed by atoms with van der Waals surface area (Å²) in [6, 6.07) is 5.25. The Hall–Kier alpha value is -1.55. The number of hydrogen-bond donors (Lipinski definition) is 2. The predicted octanol–water partition coefficient (Wildman–Crippen LogP) is 1.30. The molecule has 5 nitrogen and oxygen atoms in total. The van der Waals surface area contributed by atoms with Crippen LogP contribution in [0, 0.1) is 18.8 Å². The van der Waals surface area contributed by atoms with Gasteiger partial charge in [-0.2, -0.15) is 12.7 Å². The van der Waals surface area contributed by atoms with Crippen LogP contribution in [0.4, 0.5) is 5.69 Å². The van der Waals surface area contributed by atoms with Gasteiger partial charge in [0.2, 0.25) is 0 Å². The largest absolute Gasteiger partial charge is 0.320 e. The van der Waals surface area contributed by atoms with Gasteiger partial charge in [0, 0.05) is 18.7 Å². The Bertz CT molecular complexity index is 628. The van der Waals surface area contributed by atoms with Crippen molar-refractivity contribution in [3.8, 4) is 11.8 Å². The lowest BCUT2D eigenvalue weighted by Crippen LogP contribution is -2.37. The van der Waals surface area contributed by atoms with Crippen molar-refractivity contribution in [2.24, 2.45) is 5.73 Å². The van der Waals surface area contributed by atoms with Crippen LogP contribution in [0.3, 0.4) is 0 Å². The van der Waals surface area contributed by atoms with E-state index in [9.17, 15) is 8.42 Å². The normalized spacial score (nSPS) is 11.3. The molecule has 0 fully saturated rings. The summed E-state index contributed by atoms with van der Waals surface area (Å²) in [7, 11) is -2.05. The summed E-state index contributed by atoms with van der Waals surface area (Å²) in [5.41, 5.74) is 7.45. The standard InChI is InChI=1S/C14H21N3O2S/c1-11(2)17(4)20(18,19)16-14-8-7-12(3)10-13(14)6-5-9-15/h7-8,10-11,16H,9,15H2,1-4H3. The van der Waals surface area contributed by atoms with Gasteiger partial charge in [0.15, 0.2) is 0 Å². The molecule has 0 heterocycles. The number of nitrogens with one attached hydrogen (secondary N) is 1. The van der Waals surface area contributed by atoms with Crippen molar-refractivity contribution in [2.45, 2.75) is 26.8 Å². The molecule has 0 aliphatic heterocycles. The van der Waals surface area contributed by atoms with Crippen molar-refractivity contribution in [3.05, 3.63) is 29.3 Å². The van der Waals surface area contributed by atoms with Crippen LogP contribution in [0.15, 0.2) is 18.2 Å². The molecular formula is C14H21N3O2S.